The van der Waals surface area contributed by atoms with Gasteiger partial charge in [-0.05, 0) is 19.1 Å². The molecule has 0 saturated carbocycles. The lowest BCUT2D eigenvalue weighted by atomic mass is 10.2. The van der Waals surface area contributed by atoms with Crippen LogP contribution in [0.5, 0.6) is 17.2 Å². The molecule has 0 bridgehead atoms. The summed E-state index contributed by atoms with van der Waals surface area (Å²) >= 11 is 0. The second kappa shape index (κ2) is 4.00. The maximum atomic E-state index is 10.7. The normalized spacial score (nSPS) is 9.64. The first-order chi connectivity index (χ1) is 6.56. The van der Waals surface area contributed by atoms with Crippen molar-refractivity contribution >= 4 is 5.97 Å². The Labute approximate surface area is 82.1 Å². The first kappa shape index (κ1) is 10.4. The Balaban J connectivity index is 3.14. The summed E-state index contributed by atoms with van der Waals surface area (Å²) in [4.78, 5) is 10.7. The van der Waals surface area contributed by atoms with Gasteiger partial charge < -0.3 is 14.6 Å². The fraction of sp³-hybridized carbons (Fsp3) is 0.300. The van der Waals surface area contributed by atoms with Crippen LogP contribution >= 0.6 is 0 Å². The van der Waals surface area contributed by atoms with Crippen LogP contribution < -0.4 is 9.47 Å². The zero-order chi connectivity index (χ0) is 10.7. The molecule has 0 heterocycles. The molecule has 1 rings (SSSR count). The maximum Gasteiger partial charge on any atom is 0.308 e. The number of rotatable bonds is 2. The first-order valence-electron chi connectivity index (χ1n) is 4.11. The standard InChI is InChI=1S/C10H12O4/c1-6-9(14-7(2)11)5-4-8(12)10(6)13-3/h4-5,12H,1-3H3. The molecule has 4 heteroatoms. The van der Waals surface area contributed by atoms with Crippen LogP contribution in [0.15, 0.2) is 12.1 Å². The highest BCUT2D eigenvalue weighted by Crippen LogP contribution is 2.35. The van der Waals surface area contributed by atoms with E-state index in [1.807, 2.05) is 0 Å². The van der Waals surface area contributed by atoms with Crippen molar-refractivity contribution in [3.8, 4) is 17.2 Å². The van der Waals surface area contributed by atoms with E-state index in [4.69, 9.17) is 9.47 Å². The van der Waals surface area contributed by atoms with Gasteiger partial charge in [0.2, 0.25) is 0 Å². The molecule has 1 aromatic carbocycles. The lowest BCUT2D eigenvalue weighted by molar-refractivity contribution is -0.131. The molecule has 0 aromatic heterocycles. The molecule has 0 saturated heterocycles. The number of carbonyl (C=O) groups excluding carboxylic acids is 1. The van der Waals surface area contributed by atoms with Crippen molar-refractivity contribution in [2.75, 3.05) is 7.11 Å². The lowest BCUT2D eigenvalue weighted by Crippen LogP contribution is -2.03. The molecule has 4 nitrogen and oxygen atoms in total. The molecule has 0 radical (unpaired) electrons. The van der Waals surface area contributed by atoms with E-state index < -0.39 is 5.97 Å². The van der Waals surface area contributed by atoms with Crippen molar-refractivity contribution in [3.63, 3.8) is 0 Å². The summed E-state index contributed by atoms with van der Waals surface area (Å²) in [6.07, 6.45) is 0. The summed E-state index contributed by atoms with van der Waals surface area (Å²) in [5, 5.41) is 9.38. The molecule has 0 aliphatic rings. The maximum absolute atomic E-state index is 10.7. The van der Waals surface area contributed by atoms with Crippen LogP contribution in [0, 0.1) is 6.92 Å². The number of esters is 1. The van der Waals surface area contributed by atoms with E-state index in [9.17, 15) is 9.90 Å². The third-order valence-electron chi connectivity index (χ3n) is 1.79. The van der Waals surface area contributed by atoms with E-state index in [1.54, 1.807) is 6.92 Å². The Hall–Kier alpha value is -1.71. The van der Waals surface area contributed by atoms with Gasteiger partial charge in [0.05, 0.1) is 7.11 Å². The van der Waals surface area contributed by atoms with Crippen LogP contribution in [0.1, 0.15) is 12.5 Å². The summed E-state index contributed by atoms with van der Waals surface area (Å²) in [6, 6.07) is 2.94. The molecule has 0 spiro atoms. The van der Waals surface area contributed by atoms with Crippen LogP contribution in [0.25, 0.3) is 0 Å². The monoisotopic (exact) mass is 196 g/mol. The Morgan fingerprint density at radius 1 is 1.43 bits per heavy atom. The lowest BCUT2D eigenvalue weighted by Gasteiger charge is -2.10. The molecule has 14 heavy (non-hydrogen) atoms. The van der Waals surface area contributed by atoms with Crippen molar-refractivity contribution in [2.45, 2.75) is 13.8 Å². The average molecular weight is 196 g/mol. The minimum atomic E-state index is -0.402. The molecule has 0 aliphatic carbocycles. The number of ether oxygens (including phenoxy) is 2. The number of hydrogen-bond donors (Lipinski definition) is 1. The van der Waals surface area contributed by atoms with E-state index in [-0.39, 0.29) is 5.75 Å². The number of methoxy groups -OCH3 is 1. The van der Waals surface area contributed by atoms with Gasteiger partial charge in [-0.15, -0.1) is 0 Å². The number of hydrogen-bond acceptors (Lipinski definition) is 4. The second-order valence-electron chi connectivity index (χ2n) is 2.83. The number of phenols is 1. The number of aromatic hydroxyl groups is 1. The zero-order valence-electron chi connectivity index (χ0n) is 8.33. The van der Waals surface area contributed by atoms with Gasteiger partial charge in [0.1, 0.15) is 5.75 Å². The van der Waals surface area contributed by atoms with Gasteiger partial charge >= 0.3 is 5.97 Å². The van der Waals surface area contributed by atoms with Crippen LogP contribution in [0.4, 0.5) is 0 Å². The third kappa shape index (κ3) is 1.96. The number of carbonyl (C=O) groups is 1. The number of benzene rings is 1. The molecular formula is C10H12O4. The zero-order valence-corrected chi connectivity index (χ0v) is 8.33. The topological polar surface area (TPSA) is 55.8 Å². The van der Waals surface area contributed by atoms with Gasteiger partial charge in [0, 0.05) is 12.5 Å². The van der Waals surface area contributed by atoms with Crippen LogP contribution in [0.2, 0.25) is 0 Å². The van der Waals surface area contributed by atoms with E-state index >= 15 is 0 Å². The summed E-state index contributed by atoms with van der Waals surface area (Å²) in [5.41, 5.74) is 0.600. The largest absolute Gasteiger partial charge is 0.504 e. The van der Waals surface area contributed by atoms with Gasteiger partial charge in [-0.1, -0.05) is 0 Å². The van der Waals surface area contributed by atoms with Crippen molar-refractivity contribution in [1.82, 2.24) is 0 Å². The van der Waals surface area contributed by atoms with Gasteiger partial charge in [0.15, 0.2) is 11.5 Å². The van der Waals surface area contributed by atoms with E-state index in [1.165, 1.54) is 26.2 Å². The Bertz CT molecular complexity index is 357. The van der Waals surface area contributed by atoms with Crippen molar-refractivity contribution in [2.24, 2.45) is 0 Å². The summed E-state index contributed by atoms with van der Waals surface area (Å²) in [7, 11) is 1.44. The molecule has 1 N–H and O–H groups in total. The van der Waals surface area contributed by atoms with E-state index in [0.717, 1.165) is 0 Å². The van der Waals surface area contributed by atoms with Crippen LogP contribution in [-0.4, -0.2) is 18.2 Å². The molecule has 0 aliphatic heterocycles. The Kier molecular flexibility index (Phi) is 2.96. The summed E-state index contributed by atoms with van der Waals surface area (Å²) < 4.78 is 9.87. The highest BCUT2D eigenvalue weighted by molar-refractivity contribution is 5.70. The average Bonchev–Trinajstić information content (AvgIpc) is 2.10. The molecule has 76 valence electrons. The van der Waals surface area contributed by atoms with Crippen LogP contribution in [-0.2, 0) is 4.79 Å². The molecule has 0 fully saturated rings. The fourth-order valence-corrected chi connectivity index (χ4v) is 1.18. The number of phenolic OH excluding ortho intramolecular Hbond substituents is 1. The van der Waals surface area contributed by atoms with Gasteiger partial charge in [-0.25, -0.2) is 0 Å². The molecule has 1 aromatic rings. The predicted octanol–water partition coefficient (Wildman–Crippen LogP) is 1.63. The molecule has 0 atom stereocenters. The molecule has 0 unspecified atom stereocenters. The quantitative estimate of drug-likeness (QED) is 0.577. The highest BCUT2D eigenvalue weighted by atomic mass is 16.5. The third-order valence-corrected chi connectivity index (χ3v) is 1.79. The molecular weight excluding hydrogens is 184 g/mol. The van der Waals surface area contributed by atoms with Crippen molar-refractivity contribution in [3.05, 3.63) is 17.7 Å². The predicted molar refractivity (Wildman–Crippen MR) is 50.7 cm³/mol. The van der Waals surface area contributed by atoms with Gasteiger partial charge in [0.25, 0.3) is 0 Å². The van der Waals surface area contributed by atoms with E-state index in [2.05, 4.69) is 0 Å². The van der Waals surface area contributed by atoms with E-state index in [0.29, 0.717) is 17.1 Å². The SMILES string of the molecule is COc1c(O)ccc(OC(C)=O)c1C. The second-order valence-corrected chi connectivity index (χ2v) is 2.83. The summed E-state index contributed by atoms with van der Waals surface area (Å²) in [6.45, 7) is 3.02. The van der Waals surface area contributed by atoms with Crippen molar-refractivity contribution in [1.29, 1.82) is 0 Å². The van der Waals surface area contributed by atoms with Crippen LogP contribution in [0.3, 0.4) is 0 Å². The Morgan fingerprint density at radius 3 is 2.57 bits per heavy atom. The first-order valence-corrected chi connectivity index (χ1v) is 4.11. The summed E-state index contributed by atoms with van der Waals surface area (Å²) in [5.74, 6) is 0.345. The minimum absolute atomic E-state index is 0.0286. The van der Waals surface area contributed by atoms with Gasteiger partial charge in [-0.3, -0.25) is 4.79 Å². The smallest absolute Gasteiger partial charge is 0.308 e. The molecule has 0 amide bonds. The van der Waals surface area contributed by atoms with Gasteiger partial charge in [-0.2, -0.15) is 0 Å². The van der Waals surface area contributed by atoms with Crippen molar-refractivity contribution < 1.29 is 19.4 Å². The minimum Gasteiger partial charge on any atom is -0.504 e. The Morgan fingerprint density at radius 2 is 2.07 bits per heavy atom. The highest BCUT2D eigenvalue weighted by Gasteiger charge is 2.11. The fourth-order valence-electron chi connectivity index (χ4n) is 1.18.